The van der Waals surface area contributed by atoms with Crippen molar-refractivity contribution in [3.8, 4) is 108 Å². The first-order valence-electron chi connectivity index (χ1n) is 58.1. The SMILES string of the molecule is C.C#CC#CC#C.C#CC#CC#CC.CC#CC#CC#CC.CC=C1CC[C@H]2[C@@H]3CC[C@H]4C[C@](C)(O)CC[C@]4(CC)[C@H]3CC[C@]12C.CC=C1CC[C@H]2[C@@H]3CC[C@H]4C[C@](C)(O)CC[C@]4(CC)[C@H]3CC[C@]12C.CCP(Br)(c1ccccc1)(c1ccccc1)c1ccccc1.CC[C@]12CC[C@@](C)(O)C[C@@H]1CC[C@H]1[C@@H]3CC[C@H](C(C)=O)[C@@]3(C)CC[C@@H]12.CC[C@]12CC[C@@](C)(O)C[C@@H]1CC[C@H]1[C@@H]3CC[C@H](C(C)O)[C@@]3(C)CC[C@@H]12.CPC.ClCCl. The predicted octanol–water partition coefficient (Wildman–Crippen LogP) is 32.5. The molecule has 31 atom stereocenters. The average molecular weight is 2150 g/mol. The fraction of sp³-hybridized carbons (Fsp3) is 0.701. The molecule has 0 radical (unpaired) electrons. The summed E-state index contributed by atoms with van der Waals surface area (Å²) < 4.78 is 0. The zero-order valence-electron chi connectivity index (χ0n) is 95.4. The van der Waals surface area contributed by atoms with Crippen LogP contribution >= 0.6 is 52.6 Å². The van der Waals surface area contributed by atoms with Gasteiger partial charge in [0, 0.05) is 5.92 Å². The summed E-state index contributed by atoms with van der Waals surface area (Å²) in [6, 6.07) is 32.7. The van der Waals surface area contributed by atoms with Crippen LogP contribution < -0.4 is 15.9 Å². The van der Waals surface area contributed by atoms with Crippen LogP contribution in [-0.4, -0.2) is 84.7 Å². The molecule has 6 nitrogen and oxygen atoms in total. The molecule has 16 aliphatic rings. The second-order valence-electron chi connectivity index (χ2n) is 50.5. The predicted molar refractivity (Wildman–Crippen MR) is 643 cm³/mol. The Kier molecular flexibility index (Phi) is 46.4. The van der Waals surface area contributed by atoms with Gasteiger partial charge in [-0.1, -0.05) is 104 Å². The molecule has 0 heterocycles. The fourth-order valence-electron chi connectivity index (χ4n) is 37.5. The maximum absolute atomic E-state index is 12.3. The van der Waals surface area contributed by atoms with E-state index < -0.39 is 27.7 Å². The Morgan fingerprint density at radius 2 is 0.682 bits per heavy atom. The van der Waals surface area contributed by atoms with E-state index in [0.717, 1.165) is 167 Å². The molecule has 0 bridgehead atoms. The summed E-state index contributed by atoms with van der Waals surface area (Å²) in [5, 5.41) is 54.8. The van der Waals surface area contributed by atoms with E-state index in [0.29, 0.717) is 55.5 Å². The summed E-state index contributed by atoms with van der Waals surface area (Å²) in [5.41, 5.74) is 5.61. The van der Waals surface area contributed by atoms with Crippen molar-refractivity contribution in [3.63, 3.8) is 0 Å². The number of hydrogen-bond acceptors (Lipinski definition) is 6. The van der Waals surface area contributed by atoms with E-state index in [1.165, 1.54) is 215 Å². The Bertz CT molecular complexity index is 5160. The summed E-state index contributed by atoms with van der Waals surface area (Å²) in [5.74, 6) is 51.1. The Balaban J connectivity index is 0.000000193. The topological polar surface area (TPSA) is 118 Å². The maximum atomic E-state index is 12.3. The molecule has 3 aromatic rings. The first-order chi connectivity index (χ1) is 70.0. The van der Waals surface area contributed by atoms with Crippen LogP contribution in [0.4, 0.5) is 0 Å². The molecule has 5 N–H and O–H groups in total. The molecule has 1 unspecified atom stereocenters. The van der Waals surface area contributed by atoms with E-state index in [-0.39, 0.29) is 24.3 Å². The van der Waals surface area contributed by atoms with Gasteiger partial charge in [0.15, 0.2) is 0 Å². The molecule has 16 saturated carbocycles. The minimum Gasteiger partial charge on any atom is -0.393 e. The number of carbonyl (C=O) groups excluding carboxylic acids is 1. The molecule has 11 heteroatoms. The molecule has 0 spiro atoms. The van der Waals surface area contributed by atoms with Crippen LogP contribution in [0.1, 0.15) is 403 Å². The number of benzene rings is 3. The van der Waals surface area contributed by atoms with E-state index in [9.17, 15) is 30.3 Å². The Morgan fingerprint density at radius 3 is 0.959 bits per heavy atom. The van der Waals surface area contributed by atoms with E-state index in [4.69, 9.17) is 42.5 Å². The molecule has 16 fully saturated rings. The van der Waals surface area contributed by atoms with Gasteiger partial charge in [-0.25, -0.2) is 0 Å². The minimum atomic E-state index is -2.59. The van der Waals surface area contributed by atoms with E-state index in [2.05, 4.69) is 325 Å². The zero-order valence-corrected chi connectivity index (χ0v) is 100. The molecular weight excluding hydrogens is 1950 g/mol. The molecule has 19 rings (SSSR count). The quantitative estimate of drug-likeness (QED) is 0.0597. The van der Waals surface area contributed by atoms with Gasteiger partial charge in [-0.3, -0.25) is 4.79 Å². The van der Waals surface area contributed by atoms with Crippen molar-refractivity contribution in [2.45, 2.75) is 431 Å². The van der Waals surface area contributed by atoms with Crippen molar-refractivity contribution in [1.82, 2.24) is 0 Å². The van der Waals surface area contributed by atoms with Gasteiger partial charge in [0.05, 0.1) is 33.8 Å². The van der Waals surface area contributed by atoms with E-state index in [1.807, 2.05) is 13.8 Å². The van der Waals surface area contributed by atoms with Gasteiger partial charge >= 0.3 is 141 Å². The summed E-state index contributed by atoms with van der Waals surface area (Å²) in [6.07, 6.45) is 71.1. The number of alkyl halides is 2. The second-order valence-corrected chi connectivity index (χ2v) is 61.6. The largest absolute Gasteiger partial charge is 0.393 e. The van der Waals surface area contributed by atoms with Gasteiger partial charge < -0.3 is 25.5 Å². The van der Waals surface area contributed by atoms with Crippen LogP contribution in [0.3, 0.4) is 0 Å². The third kappa shape index (κ3) is 26.3. The molecule has 814 valence electrons. The Labute approximate surface area is 925 Å². The van der Waals surface area contributed by atoms with Crippen LogP contribution in [0.25, 0.3) is 0 Å². The third-order valence-electron chi connectivity index (χ3n) is 44.2. The van der Waals surface area contributed by atoms with Crippen LogP contribution in [0.5, 0.6) is 0 Å². The van der Waals surface area contributed by atoms with Gasteiger partial charge in [-0.2, -0.15) is 0 Å². The number of aliphatic hydroxyl groups is 5. The van der Waals surface area contributed by atoms with Crippen molar-refractivity contribution >= 4 is 74.3 Å². The van der Waals surface area contributed by atoms with Gasteiger partial charge in [0.1, 0.15) is 5.78 Å². The number of aliphatic hydroxyl groups excluding tert-OH is 1. The second kappa shape index (κ2) is 54.5. The van der Waals surface area contributed by atoms with Crippen LogP contribution in [0.2, 0.25) is 0 Å². The molecule has 0 saturated heterocycles. The van der Waals surface area contributed by atoms with Gasteiger partial charge in [-0.05, 0) is 561 Å². The van der Waals surface area contributed by atoms with Crippen molar-refractivity contribution < 1.29 is 30.3 Å². The molecule has 3 aromatic carbocycles. The molecule has 148 heavy (non-hydrogen) atoms. The van der Waals surface area contributed by atoms with E-state index >= 15 is 0 Å². The standard InChI is InChI=1S/C23H40O2.C23H38O2.2C23H38O.C20H20BrP.C8H6.C7H4.C6H2.C2H7P.CH2Cl2.CH4/c2*1-5-23-13-12-21(3,25)14-16(23)6-7-17-19-9-8-18(15(2)24)22(19,4)11-10-20(17)23;2*1-5-16-8-10-19-18-9-7-17-15-21(3,24)13-14-23(17,6-2)20(18)11-12-22(16,19)4;1-2-22(21,18-12-6-3-7-13-18,19-14-8-4-9-15-19)20-16-10-5-11-17-20;1-3-5-7-8-6-4-2;1-3-5-7-6-4-2;1-3-5-6-4-2;1-3-2;2-1-3;/h15-20,24-25H,5-14H2,1-4H3;16-20,25H,5-14H2,1-4H3;2*5,17-20,24H,6-15H2,1-4H3;3-17H,2H2,1H3;1-2H3;1H,2H3;1-2H;3H,1-2H3;1H2;1H4/t15?,16-,17-,18+,19-,20-,21+,22+,23-;16-,17-,18+,19-,20-,21+,22+,23-;2*17-,18-,19-,20-,21+,22+,23-;;;;;;;/m0000......./s1. The molecule has 0 aliphatic heterocycles. The first kappa shape index (κ1) is 126. The summed E-state index contributed by atoms with van der Waals surface area (Å²) >= 11 is 13.9. The Hall–Kier alpha value is -5.43. The number of carbonyl (C=O) groups is 1. The number of allylic oxidation sites excluding steroid dienone is 4. The molecule has 0 amide bonds. The zero-order chi connectivity index (χ0) is 108. The number of Topliss-reactive ketones (excluding diaryl/α,β-unsaturated/α-hetero) is 1. The number of hydrogen-bond donors (Lipinski definition) is 5. The van der Waals surface area contributed by atoms with Crippen LogP contribution in [0, 0.1) is 258 Å². The number of ketones is 1. The van der Waals surface area contributed by atoms with Crippen LogP contribution in [0.15, 0.2) is 114 Å². The number of terminal acetylenes is 3. The summed E-state index contributed by atoms with van der Waals surface area (Å²) in [7, 11) is 1.08. The van der Waals surface area contributed by atoms with E-state index in [1.54, 1.807) is 31.9 Å². The van der Waals surface area contributed by atoms with Crippen molar-refractivity contribution in [1.29, 1.82) is 0 Å². The summed E-state index contributed by atoms with van der Waals surface area (Å²) in [6.45, 7) is 48.4. The summed E-state index contributed by atoms with van der Waals surface area (Å²) in [4.78, 5) is 12.3. The number of rotatable bonds is 10. The maximum Gasteiger partial charge on any atom is 0.133 e. The molecular formula is C137H199BrCl2O6P2. The average Bonchev–Trinajstić information content (AvgIpc) is 1.73. The third-order valence-corrected chi connectivity index (χ3v) is 54.7. The van der Waals surface area contributed by atoms with Gasteiger partial charge in [-0.15, -0.1) is 51.1 Å². The molecule has 16 aliphatic carbocycles. The normalized spacial score (nSPS) is 39.7. The minimum absolute atomic E-state index is 0. The van der Waals surface area contributed by atoms with Gasteiger partial charge in [0.25, 0.3) is 0 Å². The fourth-order valence-corrected chi connectivity index (χ4v) is 44.0. The number of halogens is 3. The van der Waals surface area contributed by atoms with Gasteiger partial charge in [0.2, 0.25) is 0 Å². The van der Waals surface area contributed by atoms with Crippen molar-refractivity contribution in [3.05, 3.63) is 114 Å². The van der Waals surface area contributed by atoms with Crippen LogP contribution in [-0.2, 0) is 4.79 Å². The monoisotopic (exact) mass is 2150 g/mol. The first-order valence-corrected chi connectivity index (χ1v) is 65.6. The Morgan fingerprint density at radius 1 is 0.405 bits per heavy atom. The molecule has 0 aromatic heterocycles. The van der Waals surface area contributed by atoms with Crippen molar-refractivity contribution in [2.24, 2.45) is 150 Å². The smallest absolute Gasteiger partial charge is 0.133 e. The number of fused-ring (bicyclic) bond motifs is 20. The van der Waals surface area contributed by atoms with Crippen molar-refractivity contribution in [2.75, 3.05) is 24.8 Å².